The molecule has 0 saturated heterocycles. The highest BCUT2D eigenvalue weighted by Gasteiger charge is 2.30. The van der Waals surface area contributed by atoms with Crippen LogP contribution in [0.2, 0.25) is 0 Å². The summed E-state index contributed by atoms with van der Waals surface area (Å²) in [6.45, 7) is 6.69. The van der Waals surface area contributed by atoms with Crippen LogP contribution in [0, 0.1) is 6.92 Å². The van der Waals surface area contributed by atoms with Crippen LogP contribution in [0.5, 0.6) is 0 Å². The van der Waals surface area contributed by atoms with Gasteiger partial charge in [0.1, 0.15) is 0 Å². The van der Waals surface area contributed by atoms with Crippen LogP contribution in [0.15, 0.2) is 49.1 Å². The Morgan fingerprint density at radius 1 is 1.21 bits per heavy atom. The summed E-state index contributed by atoms with van der Waals surface area (Å²) >= 11 is 0. The van der Waals surface area contributed by atoms with E-state index < -0.39 is 18.3 Å². The lowest BCUT2D eigenvalue weighted by Crippen LogP contribution is -2.30. The minimum Gasteiger partial charge on any atom is -0.295 e. The Hall–Kier alpha value is -2.07. The van der Waals surface area contributed by atoms with E-state index in [0.29, 0.717) is 6.54 Å². The van der Waals surface area contributed by atoms with Crippen molar-refractivity contribution in [1.82, 2.24) is 4.90 Å². The zero-order valence-corrected chi connectivity index (χ0v) is 13.5. The predicted molar refractivity (Wildman–Crippen MR) is 90.8 cm³/mol. The number of benzene rings is 2. The Bertz CT molecular complexity index is 781. The van der Waals surface area contributed by atoms with Gasteiger partial charge in [-0.05, 0) is 59.4 Å². The van der Waals surface area contributed by atoms with Gasteiger partial charge in [-0.1, -0.05) is 24.3 Å². The maximum absolute atomic E-state index is 12.7. The van der Waals surface area contributed by atoms with Crippen LogP contribution in [-0.2, 0) is 19.1 Å². The number of nitrogens with zero attached hydrogens (tertiary/aromatic N) is 1. The van der Waals surface area contributed by atoms with E-state index in [0.717, 1.165) is 47.4 Å². The summed E-state index contributed by atoms with van der Waals surface area (Å²) in [6, 6.07) is 9.46. The number of fused-ring (bicyclic) bond motifs is 1. The Balaban J connectivity index is 1.94. The Morgan fingerprint density at radius 2 is 1.92 bits per heavy atom. The molecule has 0 aromatic heterocycles. The fraction of sp³-hybridized carbons (Fsp3) is 0.300. The van der Waals surface area contributed by atoms with E-state index in [2.05, 4.69) is 18.7 Å². The first-order valence-corrected chi connectivity index (χ1v) is 7.88. The summed E-state index contributed by atoms with van der Waals surface area (Å²) in [4.78, 5) is 2.03. The zero-order chi connectivity index (χ0) is 18.2. The van der Waals surface area contributed by atoms with Crippen molar-refractivity contribution in [3.63, 3.8) is 0 Å². The number of hydrogen-bond donors (Lipinski definition) is 0. The second kappa shape index (κ2) is 6.44. The largest absolute Gasteiger partial charge is 0.416 e. The minimum absolute atomic E-state index is 0.441. The van der Waals surface area contributed by atoms with Crippen LogP contribution in [0.3, 0.4) is 0 Å². The third-order valence-electron chi connectivity index (χ3n) is 4.43. The summed E-state index contributed by atoms with van der Waals surface area (Å²) in [5.41, 5.74) is 4.51. The highest BCUT2D eigenvalue weighted by Crippen LogP contribution is 2.33. The molecule has 4 heteroatoms. The lowest BCUT2D eigenvalue weighted by atomic mass is 9.91. The SMILES string of the molecule is [2H]C(C=C)N1CCc2cc(C)c(-c3ccc(C(F)(F)F)cc3)cc2C1. The van der Waals surface area contributed by atoms with Gasteiger partial charge in [0.15, 0.2) is 0 Å². The first-order valence-electron chi connectivity index (χ1n) is 8.46. The molecule has 0 amide bonds. The number of halogens is 3. The van der Waals surface area contributed by atoms with Crippen LogP contribution < -0.4 is 0 Å². The highest BCUT2D eigenvalue weighted by molar-refractivity contribution is 5.69. The van der Waals surface area contributed by atoms with Gasteiger partial charge in [0.25, 0.3) is 0 Å². The average molecular weight is 332 g/mol. The van der Waals surface area contributed by atoms with Crippen LogP contribution in [0.25, 0.3) is 11.1 Å². The number of hydrogen-bond acceptors (Lipinski definition) is 1. The number of alkyl halides is 3. The molecule has 0 aliphatic carbocycles. The molecule has 2 aromatic rings. The van der Waals surface area contributed by atoms with Gasteiger partial charge in [-0.2, -0.15) is 13.2 Å². The molecule has 1 aliphatic rings. The first kappa shape index (κ1) is 15.5. The molecule has 1 aliphatic heterocycles. The zero-order valence-electron chi connectivity index (χ0n) is 14.5. The molecule has 24 heavy (non-hydrogen) atoms. The minimum atomic E-state index is -4.32. The lowest BCUT2D eigenvalue weighted by molar-refractivity contribution is -0.137. The van der Waals surface area contributed by atoms with Gasteiger partial charge in [0.2, 0.25) is 0 Å². The molecule has 2 aromatic carbocycles. The van der Waals surface area contributed by atoms with E-state index in [9.17, 15) is 13.2 Å². The molecule has 1 atom stereocenters. The van der Waals surface area contributed by atoms with Crippen LogP contribution >= 0.6 is 0 Å². The van der Waals surface area contributed by atoms with Crippen LogP contribution in [-0.4, -0.2) is 18.0 Å². The van der Waals surface area contributed by atoms with E-state index in [1.54, 1.807) is 6.08 Å². The van der Waals surface area contributed by atoms with E-state index in [4.69, 9.17) is 1.37 Å². The summed E-state index contributed by atoms with van der Waals surface area (Å²) in [7, 11) is 0. The smallest absolute Gasteiger partial charge is 0.295 e. The Labute approximate surface area is 141 Å². The summed E-state index contributed by atoms with van der Waals surface area (Å²) in [5.74, 6) is 0. The molecule has 1 unspecified atom stereocenters. The topological polar surface area (TPSA) is 3.24 Å². The van der Waals surface area contributed by atoms with Crippen molar-refractivity contribution in [3.05, 3.63) is 71.3 Å². The molecule has 3 rings (SSSR count). The molecule has 0 spiro atoms. The molecule has 1 nitrogen and oxygen atoms in total. The fourth-order valence-corrected chi connectivity index (χ4v) is 3.18. The van der Waals surface area contributed by atoms with E-state index in [-0.39, 0.29) is 0 Å². The molecule has 1 heterocycles. The molecular weight excluding hydrogens is 311 g/mol. The molecule has 126 valence electrons. The van der Waals surface area contributed by atoms with Gasteiger partial charge >= 0.3 is 6.18 Å². The van der Waals surface area contributed by atoms with Crippen molar-refractivity contribution in [2.45, 2.75) is 26.1 Å². The number of aryl methyl sites for hydroxylation is 1. The van der Waals surface area contributed by atoms with Crippen molar-refractivity contribution in [1.29, 1.82) is 0 Å². The van der Waals surface area contributed by atoms with Gasteiger partial charge in [0, 0.05) is 21.0 Å². The van der Waals surface area contributed by atoms with Gasteiger partial charge in [-0.15, -0.1) is 6.58 Å². The van der Waals surface area contributed by atoms with Crippen molar-refractivity contribution in [3.8, 4) is 11.1 Å². The number of rotatable bonds is 3. The second-order valence-electron chi connectivity index (χ2n) is 6.12. The normalized spacial score (nSPS) is 17.1. The quantitative estimate of drug-likeness (QED) is 0.696. The third kappa shape index (κ3) is 3.39. The monoisotopic (exact) mass is 332 g/mol. The lowest BCUT2D eigenvalue weighted by Gasteiger charge is -2.28. The summed E-state index contributed by atoms with van der Waals surface area (Å²) in [5, 5.41) is 0. The fourth-order valence-electron chi connectivity index (χ4n) is 3.18. The standard InChI is InChI=1S/C20H20F3N/c1-3-9-24-10-8-16-11-14(2)19(12-17(16)13-24)15-4-6-18(7-5-15)20(21,22)23/h3-7,11-12H,1,8-10,13H2,2H3/i9D. The van der Waals surface area contributed by atoms with Gasteiger partial charge in [0.05, 0.1) is 5.56 Å². The molecule has 0 radical (unpaired) electrons. The van der Waals surface area contributed by atoms with Gasteiger partial charge in [-0.3, -0.25) is 4.90 Å². The Morgan fingerprint density at radius 3 is 2.54 bits per heavy atom. The third-order valence-corrected chi connectivity index (χ3v) is 4.43. The van der Waals surface area contributed by atoms with E-state index in [1.807, 2.05) is 11.8 Å². The van der Waals surface area contributed by atoms with Crippen molar-refractivity contribution < 1.29 is 14.5 Å². The van der Waals surface area contributed by atoms with Gasteiger partial charge in [-0.25, -0.2) is 0 Å². The Kier molecular flexibility index (Phi) is 4.15. The molecule has 0 fully saturated rings. The average Bonchev–Trinajstić information content (AvgIpc) is 2.59. The van der Waals surface area contributed by atoms with E-state index in [1.165, 1.54) is 17.7 Å². The highest BCUT2D eigenvalue weighted by atomic mass is 19.4. The summed E-state index contributed by atoms with van der Waals surface area (Å²) in [6.07, 6.45) is -1.85. The van der Waals surface area contributed by atoms with Gasteiger partial charge < -0.3 is 0 Å². The van der Waals surface area contributed by atoms with Crippen molar-refractivity contribution in [2.75, 3.05) is 13.1 Å². The predicted octanol–water partition coefficient (Wildman–Crippen LogP) is 5.22. The first-order chi connectivity index (χ1) is 11.8. The van der Waals surface area contributed by atoms with Crippen molar-refractivity contribution in [2.24, 2.45) is 0 Å². The second-order valence-corrected chi connectivity index (χ2v) is 6.12. The summed E-state index contributed by atoms with van der Waals surface area (Å²) < 4.78 is 46.2. The molecular formula is C20H20F3N. The maximum atomic E-state index is 12.7. The van der Waals surface area contributed by atoms with Crippen LogP contribution in [0.1, 0.15) is 23.6 Å². The molecule has 0 saturated carbocycles. The maximum Gasteiger partial charge on any atom is 0.416 e. The molecule has 0 bridgehead atoms. The van der Waals surface area contributed by atoms with Crippen LogP contribution in [0.4, 0.5) is 13.2 Å². The van der Waals surface area contributed by atoms with E-state index >= 15 is 0 Å². The van der Waals surface area contributed by atoms with Crippen molar-refractivity contribution >= 4 is 0 Å². The molecule has 0 N–H and O–H groups in total.